The molecule has 0 spiro atoms. The van der Waals surface area contributed by atoms with E-state index in [1.807, 2.05) is 19.9 Å². The molecule has 0 saturated carbocycles. The summed E-state index contributed by atoms with van der Waals surface area (Å²) in [6.07, 6.45) is 6.01. The van der Waals surface area contributed by atoms with Crippen molar-refractivity contribution in [3.8, 4) is 0 Å². The number of carbonyl (C=O) groups excluding carboxylic acids is 1. The number of aliphatic hydroxyl groups excluding tert-OH is 1. The van der Waals surface area contributed by atoms with Crippen LogP contribution < -0.4 is 0 Å². The number of hydrogen-bond acceptors (Lipinski definition) is 3. The van der Waals surface area contributed by atoms with Crippen molar-refractivity contribution in [3.05, 3.63) is 23.3 Å². The van der Waals surface area contributed by atoms with Crippen LogP contribution in [0.4, 0.5) is 0 Å². The summed E-state index contributed by atoms with van der Waals surface area (Å²) >= 11 is 0. The van der Waals surface area contributed by atoms with E-state index in [-0.39, 0.29) is 23.9 Å². The zero-order valence-corrected chi connectivity index (χ0v) is 11.3. The molecule has 18 heavy (non-hydrogen) atoms. The Labute approximate surface area is 109 Å². The highest BCUT2D eigenvalue weighted by Gasteiger charge is 2.40. The lowest BCUT2D eigenvalue weighted by atomic mass is 9.84. The Morgan fingerprint density at radius 1 is 1.39 bits per heavy atom. The predicted octanol–water partition coefficient (Wildman–Crippen LogP) is 2.60. The van der Waals surface area contributed by atoms with Crippen molar-refractivity contribution >= 4 is 5.97 Å². The lowest BCUT2D eigenvalue weighted by Crippen LogP contribution is -2.20. The molecule has 1 N–H and O–H groups in total. The molecule has 0 aromatic carbocycles. The molecule has 0 aromatic rings. The fraction of sp³-hybridized carbons (Fsp3) is 0.667. The normalized spacial score (nSPS) is 43.2. The molecule has 0 aromatic heterocycles. The third-order valence-electron chi connectivity index (χ3n) is 4.20. The predicted molar refractivity (Wildman–Crippen MR) is 69.9 cm³/mol. The van der Waals surface area contributed by atoms with Crippen LogP contribution in [0.1, 0.15) is 40.0 Å². The van der Waals surface area contributed by atoms with Gasteiger partial charge in [-0.2, -0.15) is 0 Å². The quantitative estimate of drug-likeness (QED) is 0.531. The van der Waals surface area contributed by atoms with Crippen LogP contribution >= 0.6 is 0 Å². The van der Waals surface area contributed by atoms with Crippen LogP contribution in [0.3, 0.4) is 0 Å². The van der Waals surface area contributed by atoms with E-state index < -0.39 is 6.10 Å². The van der Waals surface area contributed by atoms with Crippen molar-refractivity contribution in [1.82, 2.24) is 0 Å². The van der Waals surface area contributed by atoms with Crippen LogP contribution in [0.15, 0.2) is 23.3 Å². The first-order valence-corrected chi connectivity index (χ1v) is 6.71. The molecule has 3 heteroatoms. The van der Waals surface area contributed by atoms with Crippen molar-refractivity contribution < 1.29 is 14.6 Å². The minimum Gasteiger partial charge on any atom is -0.458 e. The van der Waals surface area contributed by atoms with Crippen LogP contribution in [-0.2, 0) is 9.53 Å². The topological polar surface area (TPSA) is 46.5 Å². The Kier molecular flexibility index (Phi) is 3.91. The number of carbonyl (C=O) groups is 1. The Hall–Kier alpha value is -1.09. The second-order valence-electron chi connectivity index (χ2n) is 5.61. The summed E-state index contributed by atoms with van der Waals surface area (Å²) in [5, 5.41) is 10.0. The third-order valence-corrected chi connectivity index (χ3v) is 4.20. The molecule has 1 heterocycles. The summed E-state index contributed by atoms with van der Waals surface area (Å²) < 4.78 is 5.42. The van der Waals surface area contributed by atoms with E-state index in [2.05, 4.69) is 13.0 Å². The highest BCUT2D eigenvalue weighted by molar-refractivity contribution is 5.75. The number of allylic oxidation sites excluding steroid dienone is 1. The van der Waals surface area contributed by atoms with Gasteiger partial charge < -0.3 is 9.84 Å². The minimum absolute atomic E-state index is 0.0385. The average molecular weight is 250 g/mol. The van der Waals surface area contributed by atoms with Crippen molar-refractivity contribution in [2.75, 3.05) is 0 Å². The van der Waals surface area contributed by atoms with Gasteiger partial charge in [0, 0.05) is 5.92 Å². The fourth-order valence-electron chi connectivity index (χ4n) is 2.73. The zero-order chi connectivity index (χ0) is 13.3. The number of fused-ring (bicyclic) bond motifs is 1. The van der Waals surface area contributed by atoms with Crippen molar-refractivity contribution in [1.29, 1.82) is 0 Å². The van der Waals surface area contributed by atoms with Gasteiger partial charge in [0.2, 0.25) is 0 Å². The monoisotopic (exact) mass is 250 g/mol. The molecule has 3 nitrogen and oxygen atoms in total. The summed E-state index contributed by atoms with van der Waals surface area (Å²) in [6.45, 7) is 5.94. The van der Waals surface area contributed by atoms with Crippen LogP contribution in [0, 0.1) is 11.8 Å². The van der Waals surface area contributed by atoms with Gasteiger partial charge in [-0.1, -0.05) is 18.6 Å². The first-order valence-electron chi connectivity index (χ1n) is 6.71. The number of rotatable bonds is 0. The third kappa shape index (κ3) is 2.66. The summed E-state index contributed by atoms with van der Waals surface area (Å²) in [7, 11) is 0. The average Bonchev–Trinajstić information content (AvgIpc) is 2.59. The van der Waals surface area contributed by atoms with E-state index in [0.717, 1.165) is 18.4 Å². The van der Waals surface area contributed by atoms with Crippen molar-refractivity contribution in [3.63, 3.8) is 0 Å². The zero-order valence-electron chi connectivity index (χ0n) is 11.3. The lowest BCUT2D eigenvalue weighted by Gasteiger charge is -2.20. The first kappa shape index (κ1) is 13.3. The molecule has 0 unspecified atom stereocenters. The molecule has 1 fully saturated rings. The van der Waals surface area contributed by atoms with E-state index in [9.17, 15) is 9.90 Å². The summed E-state index contributed by atoms with van der Waals surface area (Å²) in [4.78, 5) is 11.7. The Bertz CT molecular complexity index is 395. The van der Waals surface area contributed by atoms with E-state index in [4.69, 9.17) is 4.74 Å². The smallest absolute Gasteiger partial charge is 0.309 e. The molecular formula is C15H22O3. The van der Waals surface area contributed by atoms with E-state index >= 15 is 0 Å². The standard InChI is InChI=1S/C15H22O3/c1-9-4-6-12-11(3)15(17)18-14(12)8-10(2)13(16)7-5-9/h5,8,11-14,16H,4,6-7H2,1-3H3/b9-5-,10-8-/t11-,12-,13-,14+/m0/s1. The number of hydrogen-bond donors (Lipinski definition) is 1. The number of esters is 1. The summed E-state index contributed by atoms with van der Waals surface area (Å²) in [5.74, 6) is 0.0916. The van der Waals surface area contributed by atoms with Gasteiger partial charge in [-0.15, -0.1) is 0 Å². The maximum Gasteiger partial charge on any atom is 0.309 e. The van der Waals surface area contributed by atoms with Crippen molar-refractivity contribution in [2.24, 2.45) is 11.8 Å². The molecule has 100 valence electrons. The molecule has 4 atom stereocenters. The maximum absolute atomic E-state index is 11.7. The maximum atomic E-state index is 11.7. The fourth-order valence-corrected chi connectivity index (χ4v) is 2.73. The van der Waals surface area contributed by atoms with Gasteiger partial charge in [-0.3, -0.25) is 4.79 Å². The Morgan fingerprint density at radius 2 is 2.11 bits per heavy atom. The molecule has 0 radical (unpaired) electrons. The van der Waals surface area contributed by atoms with Gasteiger partial charge in [-0.25, -0.2) is 0 Å². The van der Waals surface area contributed by atoms with Crippen LogP contribution in [0.2, 0.25) is 0 Å². The largest absolute Gasteiger partial charge is 0.458 e. The molecular weight excluding hydrogens is 228 g/mol. The van der Waals surface area contributed by atoms with E-state index in [0.29, 0.717) is 6.42 Å². The molecule has 2 rings (SSSR count). The van der Waals surface area contributed by atoms with E-state index in [1.165, 1.54) is 5.57 Å². The molecule has 0 bridgehead atoms. The SMILES string of the molecule is C/C1=C/C[C@H](O)/C(C)=C\[C@H]2OC(=O)[C@@H](C)[C@@H]2CC1. The molecule has 1 aliphatic carbocycles. The minimum atomic E-state index is -0.465. The molecule has 1 saturated heterocycles. The summed E-state index contributed by atoms with van der Waals surface area (Å²) in [6, 6.07) is 0. The number of aliphatic hydroxyl groups is 1. The van der Waals surface area contributed by atoms with Gasteiger partial charge in [-0.05, 0) is 44.8 Å². The number of ether oxygens (including phenoxy) is 1. The lowest BCUT2D eigenvalue weighted by molar-refractivity contribution is -0.142. The second-order valence-corrected chi connectivity index (χ2v) is 5.61. The Morgan fingerprint density at radius 3 is 2.83 bits per heavy atom. The first-order chi connectivity index (χ1) is 8.49. The summed E-state index contributed by atoms with van der Waals surface area (Å²) in [5.41, 5.74) is 2.19. The van der Waals surface area contributed by atoms with Crippen LogP contribution in [-0.4, -0.2) is 23.3 Å². The van der Waals surface area contributed by atoms with Gasteiger partial charge in [0.05, 0.1) is 12.0 Å². The molecule has 0 amide bonds. The highest BCUT2D eigenvalue weighted by atomic mass is 16.6. The molecule has 1 aliphatic heterocycles. The van der Waals surface area contributed by atoms with Gasteiger partial charge in [0.25, 0.3) is 0 Å². The van der Waals surface area contributed by atoms with Crippen LogP contribution in [0.5, 0.6) is 0 Å². The van der Waals surface area contributed by atoms with E-state index in [1.54, 1.807) is 0 Å². The second kappa shape index (κ2) is 5.27. The highest BCUT2D eigenvalue weighted by Crippen LogP contribution is 2.35. The Balaban J connectivity index is 2.26. The van der Waals surface area contributed by atoms with Gasteiger partial charge in [0.15, 0.2) is 0 Å². The van der Waals surface area contributed by atoms with Gasteiger partial charge in [0.1, 0.15) is 6.10 Å². The van der Waals surface area contributed by atoms with Crippen molar-refractivity contribution in [2.45, 2.75) is 52.2 Å². The van der Waals surface area contributed by atoms with Gasteiger partial charge >= 0.3 is 5.97 Å². The molecule has 2 aliphatic rings. The van der Waals surface area contributed by atoms with Crippen LogP contribution in [0.25, 0.3) is 0 Å².